The lowest BCUT2D eigenvalue weighted by molar-refractivity contribution is -0.137. The van der Waals surface area contributed by atoms with Crippen LogP contribution in [0.15, 0.2) is 54.6 Å². The molecule has 6 nitrogen and oxygen atoms in total. The second kappa shape index (κ2) is 11.2. The number of rotatable bonds is 6. The Labute approximate surface area is 222 Å². The molecule has 2 heterocycles. The Kier molecular flexibility index (Phi) is 8.16. The van der Waals surface area contributed by atoms with Crippen molar-refractivity contribution in [2.45, 2.75) is 71.4 Å². The molecule has 1 aliphatic rings. The monoisotopic (exact) mass is 527 g/mol. The lowest BCUT2D eigenvalue weighted by Gasteiger charge is -2.39. The molecule has 2 N–H and O–H groups in total. The summed E-state index contributed by atoms with van der Waals surface area (Å²) in [6, 6.07) is 15.2. The van der Waals surface area contributed by atoms with Crippen molar-refractivity contribution in [3.05, 3.63) is 77.1 Å². The molecule has 1 saturated heterocycles. The van der Waals surface area contributed by atoms with Gasteiger partial charge in [0.25, 0.3) is 0 Å². The third-order valence-electron chi connectivity index (χ3n) is 6.78. The number of hydrogen-bond donors (Lipinski definition) is 2. The SMILES string of the molecule is Cc1[nH]c(-c2ccc(C(F)(F)F)cc2)nc1CN1CCC(N(Cc2ccccc2)C(=O)NC(C)(C)C)CC1. The van der Waals surface area contributed by atoms with Gasteiger partial charge in [-0.3, -0.25) is 4.90 Å². The van der Waals surface area contributed by atoms with Gasteiger partial charge in [0.15, 0.2) is 0 Å². The molecule has 38 heavy (non-hydrogen) atoms. The average molecular weight is 528 g/mol. The number of amides is 2. The summed E-state index contributed by atoms with van der Waals surface area (Å²) < 4.78 is 38.7. The molecule has 0 aliphatic carbocycles. The quantitative estimate of drug-likeness (QED) is 0.391. The molecule has 4 rings (SSSR count). The number of carbonyl (C=O) groups excluding carboxylic acids is 1. The summed E-state index contributed by atoms with van der Waals surface area (Å²) in [6.45, 7) is 10.7. The number of alkyl halides is 3. The fourth-order valence-electron chi connectivity index (χ4n) is 4.74. The maximum Gasteiger partial charge on any atom is 0.416 e. The first-order valence-corrected chi connectivity index (χ1v) is 13.0. The maximum atomic E-state index is 13.2. The van der Waals surface area contributed by atoms with E-state index in [0.717, 1.165) is 55.0 Å². The highest BCUT2D eigenvalue weighted by Crippen LogP contribution is 2.31. The zero-order chi connectivity index (χ0) is 27.5. The Morgan fingerprint density at radius 3 is 2.26 bits per heavy atom. The first-order valence-electron chi connectivity index (χ1n) is 13.0. The third-order valence-corrected chi connectivity index (χ3v) is 6.78. The number of imidazole rings is 1. The normalized spacial score (nSPS) is 15.4. The lowest BCUT2D eigenvalue weighted by Crippen LogP contribution is -2.54. The molecule has 3 aromatic rings. The maximum absolute atomic E-state index is 13.2. The van der Waals surface area contributed by atoms with E-state index in [2.05, 4.69) is 15.2 Å². The number of benzene rings is 2. The minimum Gasteiger partial charge on any atom is -0.342 e. The van der Waals surface area contributed by atoms with Crippen LogP contribution in [-0.2, 0) is 19.3 Å². The van der Waals surface area contributed by atoms with Gasteiger partial charge in [-0.05, 0) is 58.2 Å². The summed E-state index contributed by atoms with van der Waals surface area (Å²) in [7, 11) is 0. The first kappa shape index (κ1) is 27.7. The highest BCUT2D eigenvalue weighted by molar-refractivity contribution is 5.75. The standard InChI is InChI=1S/C29H36F3N5O/c1-20-25(34-26(33-20)22-10-12-23(13-11-22)29(30,31)32)19-36-16-14-24(15-17-36)37(27(38)35-28(2,3)4)18-21-8-6-5-7-9-21/h5-13,24H,14-19H2,1-4H3,(H,33,34)(H,35,38). The minimum atomic E-state index is -4.36. The van der Waals surface area contributed by atoms with Gasteiger partial charge in [-0.1, -0.05) is 42.5 Å². The summed E-state index contributed by atoms with van der Waals surface area (Å²) in [4.78, 5) is 25.4. The van der Waals surface area contributed by atoms with E-state index in [1.807, 2.05) is 62.9 Å². The smallest absolute Gasteiger partial charge is 0.342 e. The van der Waals surface area contributed by atoms with Gasteiger partial charge in [0.1, 0.15) is 5.82 Å². The predicted molar refractivity (Wildman–Crippen MR) is 142 cm³/mol. The summed E-state index contributed by atoms with van der Waals surface area (Å²) in [6.07, 6.45) is -2.67. The van der Waals surface area contributed by atoms with Gasteiger partial charge in [-0.25, -0.2) is 9.78 Å². The molecule has 204 valence electrons. The number of urea groups is 1. The fourth-order valence-corrected chi connectivity index (χ4v) is 4.74. The van der Waals surface area contributed by atoms with E-state index >= 15 is 0 Å². The van der Waals surface area contributed by atoms with Crippen molar-refractivity contribution in [1.82, 2.24) is 25.1 Å². The van der Waals surface area contributed by atoms with Crippen molar-refractivity contribution in [2.24, 2.45) is 0 Å². The van der Waals surface area contributed by atoms with Crippen LogP contribution in [-0.4, -0.2) is 50.5 Å². The van der Waals surface area contributed by atoms with Crippen LogP contribution in [0.5, 0.6) is 0 Å². The van der Waals surface area contributed by atoms with Gasteiger partial charge in [0.2, 0.25) is 0 Å². The number of nitrogens with one attached hydrogen (secondary N) is 2. The van der Waals surface area contributed by atoms with Crippen LogP contribution in [0.25, 0.3) is 11.4 Å². The molecular formula is C29H36F3N5O. The molecule has 0 atom stereocenters. The summed E-state index contributed by atoms with van der Waals surface area (Å²) in [5.41, 5.74) is 2.50. The van der Waals surface area contributed by atoms with Crippen molar-refractivity contribution in [2.75, 3.05) is 13.1 Å². The topological polar surface area (TPSA) is 64.3 Å². The Hall–Kier alpha value is -3.33. The van der Waals surface area contributed by atoms with Gasteiger partial charge in [0.05, 0.1) is 11.3 Å². The van der Waals surface area contributed by atoms with Crippen LogP contribution in [0.4, 0.5) is 18.0 Å². The lowest BCUT2D eigenvalue weighted by atomic mass is 10.0. The minimum absolute atomic E-state index is 0.0517. The predicted octanol–water partition coefficient (Wildman–Crippen LogP) is 6.38. The number of aryl methyl sites for hydroxylation is 1. The zero-order valence-electron chi connectivity index (χ0n) is 22.4. The number of halogens is 3. The van der Waals surface area contributed by atoms with Crippen LogP contribution in [0, 0.1) is 6.92 Å². The molecule has 1 aromatic heterocycles. The number of H-pyrrole nitrogens is 1. The van der Waals surface area contributed by atoms with E-state index in [4.69, 9.17) is 4.98 Å². The second-order valence-electron chi connectivity index (χ2n) is 11.0. The summed E-state index contributed by atoms with van der Waals surface area (Å²) in [5, 5.41) is 3.12. The van der Waals surface area contributed by atoms with Gasteiger partial charge in [-0.2, -0.15) is 13.2 Å². The van der Waals surface area contributed by atoms with Crippen LogP contribution >= 0.6 is 0 Å². The van der Waals surface area contributed by atoms with E-state index in [9.17, 15) is 18.0 Å². The van der Waals surface area contributed by atoms with Crippen molar-refractivity contribution in [1.29, 1.82) is 0 Å². The second-order valence-corrected chi connectivity index (χ2v) is 11.0. The number of piperidine rings is 1. The van der Waals surface area contributed by atoms with Crippen molar-refractivity contribution in [3.63, 3.8) is 0 Å². The Morgan fingerprint density at radius 1 is 1.05 bits per heavy atom. The van der Waals surface area contributed by atoms with Gasteiger partial charge >= 0.3 is 12.2 Å². The molecule has 0 radical (unpaired) electrons. The van der Waals surface area contributed by atoms with Crippen LogP contribution < -0.4 is 5.32 Å². The van der Waals surface area contributed by atoms with Crippen LogP contribution in [0.3, 0.4) is 0 Å². The van der Waals surface area contributed by atoms with Crippen molar-refractivity contribution in [3.8, 4) is 11.4 Å². The molecule has 9 heteroatoms. The Bertz CT molecular complexity index is 1210. The van der Waals surface area contributed by atoms with E-state index in [1.54, 1.807) is 0 Å². The number of aromatic amines is 1. The number of likely N-dealkylation sites (tertiary alicyclic amines) is 1. The molecule has 0 bridgehead atoms. The first-order chi connectivity index (χ1) is 17.9. The van der Waals surface area contributed by atoms with Crippen molar-refractivity contribution < 1.29 is 18.0 Å². The highest BCUT2D eigenvalue weighted by Gasteiger charge is 2.31. The molecular weight excluding hydrogens is 491 g/mol. The highest BCUT2D eigenvalue weighted by atomic mass is 19.4. The van der Waals surface area contributed by atoms with Crippen LogP contribution in [0.1, 0.15) is 56.1 Å². The average Bonchev–Trinajstić information content (AvgIpc) is 3.22. The van der Waals surface area contributed by atoms with Gasteiger partial charge < -0.3 is 15.2 Å². The molecule has 2 amide bonds. The van der Waals surface area contributed by atoms with Crippen LogP contribution in [0.2, 0.25) is 0 Å². The number of nitrogens with zero attached hydrogens (tertiary/aromatic N) is 3. The van der Waals surface area contributed by atoms with Crippen molar-refractivity contribution >= 4 is 6.03 Å². The van der Waals surface area contributed by atoms with E-state index in [0.29, 0.717) is 24.5 Å². The Balaban J connectivity index is 1.40. The van der Waals surface area contributed by atoms with E-state index in [1.165, 1.54) is 12.1 Å². The van der Waals surface area contributed by atoms with Gasteiger partial charge in [0, 0.05) is 49.0 Å². The zero-order valence-corrected chi connectivity index (χ0v) is 22.4. The molecule has 1 fully saturated rings. The number of aromatic nitrogens is 2. The summed E-state index contributed by atoms with van der Waals surface area (Å²) in [5.74, 6) is 0.564. The molecule has 0 spiro atoms. The molecule has 2 aromatic carbocycles. The fraction of sp³-hybridized carbons (Fsp3) is 0.448. The largest absolute Gasteiger partial charge is 0.416 e. The molecule has 0 unspecified atom stereocenters. The summed E-state index contributed by atoms with van der Waals surface area (Å²) >= 11 is 0. The third kappa shape index (κ3) is 7.16. The molecule has 0 saturated carbocycles. The Morgan fingerprint density at radius 2 is 1.68 bits per heavy atom. The van der Waals surface area contributed by atoms with E-state index in [-0.39, 0.29) is 17.6 Å². The van der Waals surface area contributed by atoms with E-state index < -0.39 is 11.7 Å². The van der Waals surface area contributed by atoms with Gasteiger partial charge in [-0.15, -0.1) is 0 Å². The molecule has 1 aliphatic heterocycles. The number of hydrogen-bond acceptors (Lipinski definition) is 3. The number of carbonyl (C=O) groups is 1.